The van der Waals surface area contributed by atoms with Gasteiger partial charge in [0.1, 0.15) is 49.9 Å². The summed E-state index contributed by atoms with van der Waals surface area (Å²) in [6.45, 7) is 26.3. The van der Waals surface area contributed by atoms with Crippen LogP contribution < -0.4 is 10.6 Å². The summed E-state index contributed by atoms with van der Waals surface area (Å²) in [6, 6.07) is -2.99. The maximum absolute atomic E-state index is 13.6. The van der Waals surface area contributed by atoms with Gasteiger partial charge in [-0.05, 0) is 70.1 Å². The number of rotatable bonds is 36. The Kier molecular flexibility index (Phi) is 32.4. The van der Waals surface area contributed by atoms with Crippen LogP contribution in [0.5, 0.6) is 0 Å². The normalized spacial score (nSPS) is 31.2. The topological polar surface area (TPSA) is 345 Å². The molecule has 10 unspecified atom stereocenters. The number of hydrogen-bond donors (Lipinski definition) is 7. The Labute approximate surface area is 508 Å². The van der Waals surface area contributed by atoms with Gasteiger partial charge in [0.05, 0.1) is 61.2 Å². The average Bonchev–Trinajstić information content (AvgIpc) is 1.21. The average molecular weight is 1230 g/mol. The molecule has 0 aromatic rings. The Morgan fingerprint density at radius 1 is 0.465 bits per heavy atom. The number of carbonyl (C=O) groups excluding carboxylic acids is 8. The van der Waals surface area contributed by atoms with E-state index in [4.69, 9.17) is 42.6 Å². The molecule has 24 nitrogen and oxygen atoms in total. The first kappa shape index (κ1) is 76.2. The van der Waals surface area contributed by atoms with E-state index in [-0.39, 0.29) is 79.9 Å². The lowest BCUT2D eigenvalue weighted by Crippen LogP contribution is -2.59. The van der Waals surface area contributed by atoms with Crippen LogP contribution >= 0.6 is 0 Å². The molecule has 24 heteroatoms. The van der Waals surface area contributed by atoms with Crippen LogP contribution in [0.3, 0.4) is 0 Å². The van der Waals surface area contributed by atoms with E-state index in [9.17, 15) is 63.9 Å². The Hall–Kier alpha value is -4.08. The van der Waals surface area contributed by atoms with Crippen molar-refractivity contribution in [2.75, 3.05) is 33.0 Å². The third kappa shape index (κ3) is 23.1. The number of esters is 3. The van der Waals surface area contributed by atoms with Crippen LogP contribution in [0.25, 0.3) is 0 Å². The van der Waals surface area contributed by atoms with E-state index in [1.165, 1.54) is 48.5 Å². The van der Waals surface area contributed by atoms with Gasteiger partial charge in [0.25, 0.3) is 0 Å². The van der Waals surface area contributed by atoms with Crippen LogP contribution in [0.4, 0.5) is 0 Å². The Morgan fingerprint density at radius 3 is 1.36 bits per heavy atom. The maximum atomic E-state index is 13.6. The second-order valence-corrected chi connectivity index (χ2v) is 25.1. The van der Waals surface area contributed by atoms with Crippen molar-refractivity contribution >= 4 is 47.1 Å². The monoisotopic (exact) mass is 1230 g/mol. The van der Waals surface area contributed by atoms with Crippen molar-refractivity contribution in [2.24, 2.45) is 65.1 Å². The molecule has 3 aliphatic heterocycles. The Bertz CT molecular complexity index is 2160. The summed E-state index contributed by atoms with van der Waals surface area (Å²) >= 11 is 0. The molecule has 0 bridgehead atoms. The van der Waals surface area contributed by atoms with Crippen LogP contribution in [0, 0.1) is 65.1 Å². The van der Waals surface area contributed by atoms with Crippen LogP contribution in [0.15, 0.2) is 0 Å². The van der Waals surface area contributed by atoms with Crippen LogP contribution in [0.2, 0.25) is 0 Å². The Balaban J connectivity index is 1.56. The van der Waals surface area contributed by atoms with Crippen LogP contribution in [-0.4, -0.2) is 192 Å². The number of carbonyl (C=O) groups is 8. The van der Waals surface area contributed by atoms with E-state index in [0.29, 0.717) is 25.9 Å². The lowest BCUT2D eigenvalue weighted by molar-refractivity contribution is -0.352. The molecule has 7 N–H and O–H groups in total. The van der Waals surface area contributed by atoms with Crippen LogP contribution in [-0.2, 0) is 81.0 Å². The summed E-state index contributed by atoms with van der Waals surface area (Å²) in [7, 11) is 0. The second kappa shape index (κ2) is 36.5. The van der Waals surface area contributed by atoms with Crippen LogP contribution in [0.1, 0.15) is 162 Å². The van der Waals surface area contributed by atoms with Gasteiger partial charge in [-0.2, -0.15) is 0 Å². The summed E-state index contributed by atoms with van der Waals surface area (Å²) in [5, 5.41) is 56.2. The predicted molar refractivity (Wildman–Crippen MR) is 311 cm³/mol. The highest BCUT2D eigenvalue weighted by molar-refractivity contribution is 5.96. The van der Waals surface area contributed by atoms with E-state index in [2.05, 4.69) is 31.4 Å². The van der Waals surface area contributed by atoms with Gasteiger partial charge in [-0.15, -0.1) is 0 Å². The molecule has 3 aliphatic rings. The molecule has 2 amide bonds. The summed E-state index contributed by atoms with van der Waals surface area (Å²) in [5.74, 6) is -9.23. The van der Waals surface area contributed by atoms with Crippen molar-refractivity contribution in [1.29, 1.82) is 0 Å². The van der Waals surface area contributed by atoms with Gasteiger partial charge < -0.3 is 78.8 Å². The van der Waals surface area contributed by atoms with E-state index in [1.54, 1.807) is 13.8 Å². The van der Waals surface area contributed by atoms with Crippen molar-refractivity contribution in [3.63, 3.8) is 0 Å². The van der Waals surface area contributed by atoms with Gasteiger partial charge in [-0.3, -0.25) is 38.4 Å². The molecular weight excluding hydrogens is 1120 g/mol. The minimum atomic E-state index is -1.59. The molecule has 3 heterocycles. The van der Waals surface area contributed by atoms with Gasteiger partial charge >= 0.3 is 17.9 Å². The maximum Gasteiger partial charge on any atom is 0.302 e. The molecule has 0 aliphatic carbocycles. The van der Waals surface area contributed by atoms with E-state index < -0.39 is 164 Å². The number of aliphatic hydroxyl groups is 5. The molecule has 3 saturated heterocycles. The zero-order valence-electron chi connectivity index (χ0n) is 53.8. The van der Waals surface area contributed by atoms with Crippen molar-refractivity contribution in [3.8, 4) is 0 Å². The van der Waals surface area contributed by atoms with E-state index >= 15 is 0 Å². The zero-order chi connectivity index (χ0) is 65.0. The molecule has 3 rings (SSSR count). The van der Waals surface area contributed by atoms with E-state index in [1.807, 2.05) is 27.7 Å². The molecule has 25 atom stereocenters. The third-order valence-corrected chi connectivity index (χ3v) is 18.2. The summed E-state index contributed by atoms with van der Waals surface area (Å²) < 4.78 is 55.9. The number of ether oxygens (including phenoxy) is 9. The van der Waals surface area contributed by atoms with Crippen molar-refractivity contribution < 1.29 is 107 Å². The number of nitrogens with one attached hydrogen (secondary N) is 2. The SMILES string of the molecule is CC(=O)OCC1O[C@@H](OCCCCCC[C@H](C)C(=O)C[C@H](C(=O)N[C@H](C(=O)C[C@@H](CO)C(=O)N[C@H](C(=O)C[C@H](C)C(C)O)C(C)O)C(C)O)C(C)O)C(C)[C@@H](C)[C@@H]1O[C@@H]1OC(COC(C)=O)[C@H](O[C@H]2OC(COC(C)=O)[C@H](C)[C@H](C)C2C)[C@H](C)C1C. The van der Waals surface area contributed by atoms with Gasteiger partial charge in [-0.25, -0.2) is 0 Å². The molecule has 496 valence electrons. The van der Waals surface area contributed by atoms with Gasteiger partial charge in [0.15, 0.2) is 30.4 Å². The van der Waals surface area contributed by atoms with Crippen molar-refractivity contribution in [3.05, 3.63) is 0 Å². The fraction of sp³-hybridized carbons (Fsp3) is 0.871. The summed E-state index contributed by atoms with van der Waals surface area (Å²) in [5.41, 5.74) is 0. The predicted octanol–water partition coefficient (Wildman–Crippen LogP) is 3.91. The number of aliphatic hydroxyl groups excluding tert-OH is 5. The highest BCUT2D eigenvalue weighted by atomic mass is 16.7. The quantitative estimate of drug-likeness (QED) is 0.0266. The first-order valence-corrected chi connectivity index (χ1v) is 31.0. The van der Waals surface area contributed by atoms with Crippen molar-refractivity contribution in [1.82, 2.24) is 10.6 Å². The van der Waals surface area contributed by atoms with E-state index in [0.717, 1.165) is 12.8 Å². The Morgan fingerprint density at radius 2 is 0.895 bits per heavy atom. The first-order chi connectivity index (χ1) is 40.2. The third-order valence-electron chi connectivity index (χ3n) is 18.2. The standard InChI is InChI=1S/C62H106N2O22/c1-30(48(73)25-47(40(11)67)59(77)64-55(42(13)69)50(75)24-46(26-65)58(76)63-54(41(12)68)49(74)23-31(2)39(10)66)21-19-17-18-20-22-78-60-37(8)34(5)56(52(83-60)28-80-44(15)71)86-62-38(9)35(6)57(53(84-62)29-81-45(16)72)85-61-36(7)32(3)33(4)51(82-61)27-79-43(14)70/h30-42,46-47,51-57,60-62,65-69H,17-29H2,1-16H3,(H,63,76)(H,64,77)/t30-,31-,32-,33+,34+,35+,36?,37?,38?,39?,40?,41?,42?,46-,47-,51?,52?,53?,54-,55-,56-,57+,60+,61+,62-/m0/s1. The lowest BCUT2D eigenvalue weighted by Gasteiger charge is -2.50. The highest BCUT2D eigenvalue weighted by Gasteiger charge is 2.51. The summed E-state index contributed by atoms with van der Waals surface area (Å²) in [4.78, 5) is 103. The van der Waals surface area contributed by atoms with Gasteiger partial charge in [-0.1, -0.05) is 81.6 Å². The molecular formula is C62H106N2O22. The smallest absolute Gasteiger partial charge is 0.302 e. The fourth-order valence-electron chi connectivity index (χ4n) is 11.2. The molecule has 0 aromatic heterocycles. The summed E-state index contributed by atoms with van der Waals surface area (Å²) in [6.07, 6.45) is -8.13. The minimum Gasteiger partial charge on any atom is -0.463 e. The fourth-order valence-corrected chi connectivity index (χ4v) is 11.2. The number of unbranched alkanes of at least 4 members (excludes halogenated alkanes) is 3. The minimum absolute atomic E-state index is 0.0329. The zero-order valence-corrected chi connectivity index (χ0v) is 53.8. The molecule has 0 aromatic carbocycles. The highest BCUT2D eigenvalue weighted by Crippen LogP contribution is 2.42. The number of amides is 2. The molecule has 86 heavy (non-hydrogen) atoms. The molecule has 3 fully saturated rings. The molecule has 0 spiro atoms. The molecule has 0 saturated carbocycles. The number of hydrogen-bond acceptors (Lipinski definition) is 22. The lowest BCUT2D eigenvalue weighted by atomic mass is 9.78. The molecule has 0 radical (unpaired) electrons. The van der Waals surface area contributed by atoms with Crippen molar-refractivity contribution in [2.45, 2.75) is 248 Å². The largest absolute Gasteiger partial charge is 0.463 e. The number of Topliss-reactive ketones (excluding diaryl/α,β-unsaturated/α-hetero) is 3. The van der Waals surface area contributed by atoms with Gasteiger partial charge in [0, 0.05) is 70.3 Å². The number of ketones is 3. The van der Waals surface area contributed by atoms with Gasteiger partial charge in [0.2, 0.25) is 11.8 Å². The second-order valence-electron chi connectivity index (χ2n) is 25.1. The first-order valence-electron chi connectivity index (χ1n) is 31.0.